The molecule has 3 amide bonds. The van der Waals surface area contributed by atoms with E-state index < -0.39 is 42.4 Å². The van der Waals surface area contributed by atoms with Gasteiger partial charge in [0.05, 0.1) is 0 Å². The second-order valence-electron chi connectivity index (χ2n) is 5.22. The molecule has 0 aliphatic heterocycles. The van der Waals surface area contributed by atoms with Gasteiger partial charge in [-0.15, -0.1) is 0 Å². The molecule has 2 atom stereocenters. The van der Waals surface area contributed by atoms with E-state index in [9.17, 15) is 24.0 Å². The maximum absolute atomic E-state index is 11.7. The number of hydrogen-bond acceptors (Lipinski definition) is 5. The summed E-state index contributed by atoms with van der Waals surface area (Å²) in [7, 11) is 0. The number of aliphatic carboxylic acids is 3. The number of carboxylic acid groups (broad SMARTS) is 3. The van der Waals surface area contributed by atoms with Gasteiger partial charge in [-0.1, -0.05) is 6.92 Å². The van der Waals surface area contributed by atoms with Gasteiger partial charge >= 0.3 is 23.9 Å². The maximum Gasteiger partial charge on any atom is 0.326 e. The van der Waals surface area contributed by atoms with Crippen LogP contribution in [0.2, 0.25) is 0 Å². The topological polar surface area (TPSA) is 182 Å². The van der Waals surface area contributed by atoms with Gasteiger partial charge < -0.3 is 31.3 Å². The molecule has 0 bridgehead atoms. The number of urea groups is 1. The molecule has 0 aromatic heterocycles. The molecule has 0 aromatic carbocycles. The Morgan fingerprint density at radius 1 is 0.840 bits per heavy atom. The lowest BCUT2D eigenvalue weighted by Gasteiger charge is -2.18. The fraction of sp³-hybridized carbons (Fsp3) is 0.643. The molecule has 0 unspecified atom stereocenters. The third kappa shape index (κ3) is 10.5. The molecule has 6 N–H and O–H groups in total. The monoisotopic (exact) mass is 361 g/mol. The summed E-state index contributed by atoms with van der Waals surface area (Å²) in [5, 5.41) is 33.2. The molecule has 25 heavy (non-hydrogen) atoms. The predicted molar refractivity (Wildman–Crippen MR) is 83.9 cm³/mol. The molecule has 0 rings (SSSR count). The van der Waals surface area contributed by atoms with Crippen LogP contribution in [0.3, 0.4) is 0 Å². The molecule has 0 aliphatic rings. The van der Waals surface area contributed by atoms with E-state index in [0.717, 1.165) is 6.42 Å². The van der Waals surface area contributed by atoms with Gasteiger partial charge in [-0.2, -0.15) is 0 Å². The number of amides is 3. The Labute approximate surface area is 143 Å². The van der Waals surface area contributed by atoms with Crippen molar-refractivity contribution < 1.29 is 39.3 Å². The lowest BCUT2D eigenvalue weighted by Crippen LogP contribution is -2.51. The maximum atomic E-state index is 11.7. The zero-order valence-corrected chi connectivity index (χ0v) is 13.8. The van der Waals surface area contributed by atoms with Crippen LogP contribution in [-0.2, 0) is 19.2 Å². The molecule has 0 aliphatic carbocycles. The molecule has 0 saturated carbocycles. The second-order valence-corrected chi connectivity index (χ2v) is 5.22. The van der Waals surface area contributed by atoms with Gasteiger partial charge in [0.25, 0.3) is 0 Å². The highest BCUT2D eigenvalue weighted by atomic mass is 16.4. The Kier molecular flexibility index (Phi) is 10.3. The van der Waals surface area contributed by atoms with E-state index in [2.05, 4.69) is 10.6 Å². The van der Waals surface area contributed by atoms with Crippen molar-refractivity contribution in [2.24, 2.45) is 0 Å². The van der Waals surface area contributed by atoms with Crippen molar-refractivity contribution in [3.05, 3.63) is 0 Å². The molecule has 0 saturated heterocycles. The van der Waals surface area contributed by atoms with Crippen LogP contribution in [0, 0.1) is 0 Å². The number of carbonyl (C=O) groups excluding carboxylic acids is 2. The molecule has 11 heteroatoms. The Balaban J connectivity index is 4.55. The first-order chi connectivity index (χ1) is 11.7. The average Bonchev–Trinajstić information content (AvgIpc) is 2.52. The van der Waals surface area contributed by atoms with Gasteiger partial charge in [0.15, 0.2) is 0 Å². The van der Waals surface area contributed by atoms with Crippen molar-refractivity contribution in [2.75, 3.05) is 6.54 Å². The van der Waals surface area contributed by atoms with Crippen LogP contribution in [0.1, 0.15) is 39.0 Å². The quantitative estimate of drug-likeness (QED) is 0.265. The first-order valence-corrected chi connectivity index (χ1v) is 7.68. The van der Waals surface area contributed by atoms with Gasteiger partial charge in [-0.05, 0) is 19.3 Å². The van der Waals surface area contributed by atoms with E-state index >= 15 is 0 Å². The van der Waals surface area contributed by atoms with E-state index in [1.165, 1.54) is 0 Å². The first kappa shape index (κ1) is 22.1. The molecular weight excluding hydrogens is 338 g/mol. The summed E-state index contributed by atoms with van der Waals surface area (Å²) in [6.45, 7) is 2.31. The van der Waals surface area contributed by atoms with Crippen LogP contribution in [-0.4, -0.2) is 63.8 Å². The van der Waals surface area contributed by atoms with Crippen molar-refractivity contribution in [3.63, 3.8) is 0 Å². The summed E-state index contributed by atoms with van der Waals surface area (Å²) in [5.74, 6) is -4.41. The van der Waals surface area contributed by atoms with Crippen molar-refractivity contribution in [1.29, 1.82) is 0 Å². The summed E-state index contributed by atoms with van der Waals surface area (Å²) in [6, 6.07) is -3.93. The molecular formula is C14H23N3O8. The molecule has 0 radical (unpaired) electrons. The van der Waals surface area contributed by atoms with Crippen molar-refractivity contribution >= 4 is 29.8 Å². The van der Waals surface area contributed by atoms with E-state index in [-0.39, 0.29) is 25.2 Å². The number of rotatable bonds is 12. The normalized spacial score (nSPS) is 12.5. The highest BCUT2D eigenvalue weighted by Gasteiger charge is 2.25. The Morgan fingerprint density at radius 3 is 1.72 bits per heavy atom. The molecule has 0 spiro atoms. The summed E-state index contributed by atoms with van der Waals surface area (Å²) in [4.78, 5) is 55.8. The second kappa shape index (κ2) is 11.6. The summed E-state index contributed by atoms with van der Waals surface area (Å²) in [5.41, 5.74) is 0. The number of carboxylic acids is 3. The number of hydrogen-bond donors (Lipinski definition) is 6. The van der Waals surface area contributed by atoms with E-state index in [1.54, 1.807) is 0 Å². The van der Waals surface area contributed by atoms with Crippen LogP contribution < -0.4 is 16.0 Å². The van der Waals surface area contributed by atoms with Gasteiger partial charge in [0.2, 0.25) is 5.91 Å². The fourth-order valence-electron chi connectivity index (χ4n) is 1.77. The van der Waals surface area contributed by atoms with Crippen LogP contribution in [0.4, 0.5) is 4.79 Å². The average molecular weight is 361 g/mol. The zero-order valence-electron chi connectivity index (χ0n) is 13.8. The molecule has 11 nitrogen and oxygen atoms in total. The lowest BCUT2D eigenvalue weighted by molar-refractivity contribution is -0.141. The van der Waals surface area contributed by atoms with Gasteiger partial charge in [-0.25, -0.2) is 14.4 Å². The Hall–Kier alpha value is -2.85. The number of carbonyl (C=O) groups is 5. The SMILES string of the molecule is CCCNC(=O)CC[C@H](NC(=O)N[C@@H](CCC(=O)O)C(=O)O)C(=O)O. The highest BCUT2D eigenvalue weighted by molar-refractivity contribution is 5.86. The van der Waals surface area contributed by atoms with E-state index in [4.69, 9.17) is 15.3 Å². The Bertz CT molecular complexity index is 508. The molecule has 142 valence electrons. The minimum absolute atomic E-state index is 0.126. The molecule has 0 fully saturated rings. The van der Waals surface area contributed by atoms with Crippen molar-refractivity contribution in [3.8, 4) is 0 Å². The van der Waals surface area contributed by atoms with Crippen LogP contribution in [0.5, 0.6) is 0 Å². The van der Waals surface area contributed by atoms with Gasteiger partial charge in [0.1, 0.15) is 12.1 Å². The molecule has 0 aromatic rings. The van der Waals surface area contributed by atoms with Crippen LogP contribution in [0.15, 0.2) is 0 Å². The van der Waals surface area contributed by atoms with E-state index in [1.807, 2.05) is 12.2 Å². The largest absolute Gasteiger partial charge is 0.481 e. The van der Waals surface area contributed by atoms with E-state index in [0.29, 0.717) is 6.54 Å². The smallest absolute Gasteiger partial charge is 0.326 e. The summed E-state index contributed by atoms with van der Waals surface area (Å²) >= 11 is 0. The third-order valence-corrected chi connectivity index (χ3v) is 3.09. The Morgan fingerprint density at radius 2 is 1.32 bits per heavy atom. The predicted octanol–water partition coefficient (Wildman–Crippen LogP) is -0.637. The zero-order chi connectivity index (χ0) is 19.4. The fourth-order valence-corrected chi connectivity index (χ4v) is 1.77. The van der Waals surface area contributed by atoms with Crippen molar-refractivity contribution in [2.45, 2.75) is 51.1 Å². The number of nitrogens with one attached hydrogen (secondary N) is 3. The highest BCUT2D eigenvalue weighted by Crippen LogP contribution is 2.01. The minimum Gasteiger partial charge on any atom is -0.481 e. The summed E-state index contributed by atoms with van der Waals surface area (Å²) in [6.07, 6.45) is -0.405. The first-order valence-electron chi connectivity index (χ1n) is 7.68. The summed E-state index contributed by atoms with van der Waals surface area (Å²) < 4.78 is 0. The molecule has 0 heterocycles. The van der Waals surface area contributed by atoms with Crippen LogP contribution in [0.25, 0.3) is 0 Å². The van der Waals surface area contributed by atoms with Crippen LogP contribution >= 0.6 is 0 Å². The van der Waals surface area contributed by atoms with Crippen molar-refractivity contribution in [1.82, 2.24) is 16.0 Å². The van der Waals surface area contributed by atoms with Gasteiger partial charge in [-0.3, -0.25) is 9.59 Å². The standard InChI is InChI=1S/C14H23N3O8/c1-2-7-15-10(18)5-3-8(12(21)22)16-14(25)17-9(13(23)24)4-6-11(19)20/h8-9H,2-7H2,1H3,(H,15,18)(H,19,20)(H,21,22)(H,23,24)(H2,16,17,25)/t8-,9-/m0/s1. The third-order valence-electron chi connectivity index (χ3n) is 3.09. The lowest BCUT2D eigenvalue weighted by atomic mass is 10.1. The minimum atomic E-state index is -1.47. The van der Waals surface area contributed by atoms with Gasteiger partial charge in [0, 0.05) is 19.4 Å².